The summed E-state index contributed by atoms with van der Waals surface area (Å²) < 4.78 is 11.1. The summed E-state index contributed by atoms with van der Waals surface area (Å²) in [6, 6.07) is 15.9. The van der Waals surface area contributed by atoms with Gasteiger partial charge in [-0.2, -0.15) is 0 Å². The summed E-state index contributed by atoms with van der Waals surface area (Å²) in [6.45, 7) is 0. The van der Waals surface area contributed by atoms with E-state index in [9.17, 15) is 10.1 Å². The van der Waals surface area contributed by atoms with Gasteiger partial charge in [-0.3, -0.25) is 10.1 Å². The molecule has 2 aromatic carbocycles. The summed E-state index contributed by atoms with van der Waals surface area (Å²) in [4.78, 5) is 17.8. The quantitative estimate of drug-likeness (QED) is 0.163. The van der Waals surface area contributed by atoms with Gasteiger partial charge in [0.15, 0.2) is 0 Å². The minimum atomic E-state index is -0.485. The smallest absolute Gasteiger partial charge is 0.269 e. The zero-order chi connectivity index (χ0) is 26.1. The molecule has 4 aromatic rings. The highest BCUT2D eigenvalue weighted by atomic mass is 16.6. The van der Waals surface area contributed by atoms with Crippen LogP contribution in [-0.4, -0.2) is 14.9 Å². The van der Waals surface area contributed by atoms with Crippen LogP contribution < -0.4 is 26.7 Å². The van der Waals surface area contributed by atoms with Gasteiger partial charge in [-0.1, -0.05) is 11.8 Å². The third-order valence-corrected chi connectivity index (χ3v) is 4.56. The Balaban J connectivity index is 0.000000202. The average molecular weight is 480 g/mol. The molecule has 0 unspecified atom stereocenters. The van der Waals surface area contributed by atoms with Gasteiger partial charge in [-0.15, -0.1) is 12.8 Å². The van der Waals surface area contributed by atoms with Crippen LogP contribution in [0.1, 0.15) is 11.1 Å². The molecule has 0 aliphatic rings. The molecule has 36 heavy (non-hydrogen) atoms. The number of pyridine rings is 2. The lowest BCUT2D eigenvalue weighted by Crippen LogP contribution is -1.97. The molecule has 0 atom stereocenters. The van der Waals surface area contributed by atoms with Crippen molar-refractivity contribution in [2.24, 2.45) is 0 Å². The van der Waals surface area contributed by atoms with E-state index in [1.54, 1.807) is 42.6 Å². The zero-order valence-corrected chi connectivity index (χ0v) is 18.8. The molecule has 0 aliphatic carbocycles. The molecule has 0 amide bonds. The van der Waals surface area contributed by atoms with Crippen LogP contribution in [0.2, 0.25) is 0 Å². The van der Waals surface area contributed by atoms with Gasteiger partial charge in [0.2, 0.25) is 0 Å². The second-order valence-electron chi connectivity index (χ2n) is 6.95. The molecule has 0 saturated heterocycles. The van der Waals surface area contributed by atoms with Crippen molar-refractivity contribution in [3.05, 3.63) is 94.3 Å². The number of anilines is 3. The van der Waals surface area contributed by atoms with Gasteiger partial charge in [-0.25, -0.2) is 9.97 Å². The Kier molecular flexibility index (Phi) is 7.89. The lowest BCUT2D eigenvalue weighted by atomic mass is 10.2. The molecule has 0 bridgehead atoms. The Morgan fingerprint density at radius 1 is 0.722 bits per heavy atom. The maximum atomic E-state index is 10.5. The van der Waals surface area contributed by atoms with Crippen LogP contribution in [0.15, 0.2) is 73.1 Å². The number of nitrogens with zero attached hydrogens (tertiary/aromatic N) is 3. The number of hydrogen-bond acceptors (Lipinski definition) is 9. The molecule has 2 aromatic heterocycles. The number of rotatable bonds is 5. The molecule has 10 heteroatoms. The predicted octanol–water partition coefficient (Wildman–Crippen LogP) is 4.37. The van der Waals surface area contributed by atoms with Crippen LogP contribution in [0, 0.1) is 34.8 Å². The van der Waals surface area contributed by atoms with Gasteiger partial charge in [0.05, 0.1) is 4.92 Å². The first-order chi connectivity index (χ1) is 17.3. The Bertz CT molecular complexity index is 1460. The largest absolute Gasteiger partial charge is 0.456 e. The molecule has 10 nitrogen and oxygen atoms in total. The van der Waals surface area contributed by atoms with E-state index in [0.29, 0.717) is 39.8 Å². The molecule has 0 spiro atoms. The highest BCUT2D eigenvalue weighted by Crippen LogP contribution is 2.29. The van der Waals surface area contributed by atoms with E-state index in [1.165, 1.54) is 30.5 Å². The SMILES string of the molecule is C#Cc1c(Oc2ccc(N)cc2)ccnc1N.C#Cc1c(Oc2ccc([N+](=O)[O-])cc2)ccnc1N. The lowest BCUT2D eigenvalue weighted by Gasteiger charge is -2.08. The number of terminal acetylenes is 2. The first-order valence-electron chi connectivity index (χ1n) is 10.2. The van der Waals surface area contributed by atoms with E-state index in [0.717, 1.165) is 0 Å². The molecular formula is C26H20N6O4. The highest BCUT2D eigenvalue weighted by molar-refractivity contribution is 5.59. The summed E-state index contributed by atoms with van der Waals surface area (Å²) in [6.07, 6.45) is 13.7. The van der Waals surface area contributed by atoms with Gasteiger partial charge in [0.25, 0.3) is 5.69 Å². The topological polar surface area (TPSA) is 165 Å². The van der Waals surface area contributed by atoms with Gasteiger partial charge < -0.3 is 26.7 Å². The minimum absolute atomic E-state index is 0.0150. The first kappa shape index (κ1) is 24.9. The van der Waals surface area contributed by atoms with Crippen LogP contribution in [0.4, 0.5) is 23.0 Å². The highest BCUT2D eigenvalue weighted by Gasteiger charge is 2.09. The number of nitro groups is 1. The fourth-order valence-electron chi connectivity index (χ4n) is 2.80. The van der Waals surface area contributed by atoms with Crippen LogP contribution in [0.5, 0.6) is 23.0 Å². The normalized spacial score (nSPS) is 9.61. The van der Waals surface area contributed by atoms with E-state index < -0.39 is 4.92 Å². The molecule has 6 N–H and O–H groups in total. The van der Waals surface area contributed by atoms with Gasteiger partial charge in [0.1, 0.15) is 45.8 Å². The van der Waals surface area contributed by atoms with Crippen molar-refractivity contribution in [2.45, 2.75) is 0 Å². The van der Waals surface area contributed by atoms with E-state index in [-0.39, 0.29) is 17.3 Å². The lowest BCUT2D eigenvalue weighted by molar-refractivity contribution is -0.384. The molecule has 0 aliphatic heterocycles. The van der Waals surface area contributed by atoms with Crippen molar-refractivity contribution in [1.29, 1.82) is 0 Å². The number of ether oxygens (including phenoxy) is 2. The minimum Gasteiger partial charge on any atom is -0.456 e. The molecule has 0 radical (unpaired) electrons. The Hall–Kier alpha value is -5.74. The number of hydrogen-bond donors (Lipinski definition) is 3. The molecular weight excluding hydrogens is 460 g/mol. The van der Waals surface area contributed by atoms with E-state index in [1.807, 2.05) is 0 Å². The fraction of sp³-hybridized carbons (Fsp3) is 0. The van der Waals surface area contributed by atoms with Crippen LogP contribution in [0.25, 0.3) is 0 Å². The number of aromatic nitrogens is 2. The summed E-state index contributed by atoms with van der Waals surface area (Å²) in [5.41, 5.74) is 18.3. The number of non-ortho nitro benzene ring substituents is 1. The zero-order valence-electron chi connectivity index (χ0n) is 18.8. The fourth-order valence-corrected chi connectivity index (χ4v) is 2.80. The van der Waals surface area contributed by atoms with Crippen molar-refractivity contribution in [3.8, 4) is 47.7 Å². The molecule has 2 heterocycles. The van der Waals surface area contributed by atoms with Crippen molar-refractivity contribution >= 4 is 23.0 Å². The van der Waals surface area contributed by atoms with Crippen LogP contribution in [-0.2, 0) is 0 Å². The van der Waals surface area contributed by atoms with Gasteiger partial charge in [-0.05, 0) is 36.4 Å². The molecule has 178 valence electrons. The number of nitrogen functional groups attached to an aromatic ring is 3. The second kappa shape index (κ2) is 11.4. The summed E-state index contributed by atoms with van der Waals surface area (Å²) in [7, 11) is 0. The van der Waals surface area contributed by atoms with Crippen LogP contribution >= 0.6 is 0 Å². The van der Waals surface area contributed by atoms with Gasteiger partial charge >= 0.3 is 0 Å². The predicted molar refractivity (Wildman–Crippen MR) is 137 cm³/mol. The average Bonchev–Trinajstić information content (AvgIpc) is 2.86. The summed E-state index contributed by atoms with van der Waals surface area (Å²) in [5, 5.41) is 10.5. The Labute approximate surface area is 206 Å². The van der Waals surface area contributed by atoms with E-state index in [4.69, 9.17) is 39.5 Å². The van der Waals surface area contributed by atoms with Gasteiger partial charge in [0, 0.05) is 42.3 Å². The van der Waals surface area contributed by atoms with Crippen molar-refractivity contribution < 1.29 is 14.4 Å². The third-order valence-electron chi connectivity index (χ3n) is 4.56. The number of benzene rings is 2. The maximum absolute atomic E-state index is 10.5. The standard InChI is InChI=1S/C13H9N3O3.C13H11N3O/c1-2-11-12(7-8-15-13(11)14)19-10-5-3-9(4-6-10)16(17)18;1-2-11-12(7-8-16-13(11)15)17-10-5-3-9(14)4-6-10/h1,3-8H,(H2,14,15);1,3-8H,14H2,(H2,15,16). The summed E-state index contributed by atoms with van der Waals surface area (Å²) in [5.74, 6) is 7.27. The number of nitrogens with two attached hydrogens (primary N) is 3. The van der Waals surface area contributed by atoms with Crippen molar-refractivity contribution in [3.63, 3.8) is 0 Å². The molecule has 4 rings (SSSR count). The van der Waals surface area contributed by atoms with E-state index >= 15 is 0 Å². The van der Waals surface area contributed by atoms with Crippen molar-refractivity contribution in [2.75, 3.05) is 17.2 Å². The monoisotopic (exact) mass is 480 g/mol. The Morgan fingerprint density at radius 3 is 1.53 bits per heavy atom. The molecule has 0 saturated carbocycles. The van der Waals surface area contributed by atoms with Crippen LogP contribution in [0.3, 0.4) is 0 Å². The van der Waals surface area contributed by atoms with E-state index in [2.05, 4.69) is 21.8 Å². The first-order valence-corrected chi connectivity index (χ1v) is 10.2. The summed E-state index contributed by atoms with van der Waals surface area (Å²) >= 11 is 0. The third kappa shape index (κ3) is 6.19. The molecule has 0 fully saturated rings. The number of nitro benzene ring substituents is 1. The Morgan fingerprint density at radius 2 is 1.14 bits per heavy atom. The second-order valence-corrected chi connectivity index (χ2v) is 6.95. The maximum Gasteiger partial charge on any atom is 0.269 e. The van der Waals surface area contributed by atoms with Crippen molar-refractivity contribution in [1.82, 2.24) is 9.97 Å².